The van der Waals surface area contributed by atoms with E-state index in [9.17, 15) is 4.79 Å². The van der Waals surface area contributed by atoms with Crippen LogP contribution < -0.4 is 10.6 Å². The van der Waals surface area contributed by atoms with E-state index in [-0.39, 0.29) is 5.91 Å². The molecule has 5 nitrogen and oxygen atoms in total. The molecule has 1 aromatic rings. The number of nitrogens with one attached hydrogen (secondary N) is 2. The van der Waals surface area contributed by atoms with Crippen LogP contribution in [0.25, 0.3) is 0 Å². The second kappa shape index (κ2) is 11.0. The lowest BCUT2D eigenvalue weighted by molar-refractivity contribution is -0.129. The fourth-order valence-electron chi connectivity index (χ4n) is 3.38. The van der Waals surface area contributed by atoms with Crippen molar-refractivity contribution in [2.24, 2.45) is 4.99 Å². The van der Waals surface area contributed by atoms with E-state index in [0.717, 1.165) is 51.4 Å². The lowest BCUT2D eigenvalue weighted by atomic mass is 10.0. The number of nitrogens with zero attached hydrogens (tertiary/aromatic N) is 2. The van der Waals surface area contributed by atoms with Crippen molar-refractivity contribution < 1.29 is 4.79 Å². The lowest BCUT2D eigenvalue weighted by Gasteiger charge is -2.18. The number of hydrogen-bond donors (Lipinski definition) is 2. The molecule has 1 aliphatic heterocycles. The molecule has 2 N–H and O–H groups in total. The fourth-order valence-corrected chi connectivity index (χ4v) is 3.38. The summed E-state index contributed by atoms with van der Waals surface area (Å²) in [5, 5.41) is 6.81. The maximum Gasteiger partial charge on any atom is 0.222 e. The highest BCUT2D eigenvalue weighted by atomic mass is 16.2. The number of aliphatic imine (C=N–C) groups is 1. The maximum atomic E-state index is 11.8. The molecule has 1 fully saturated rings. The third-order valence-corrected chi connectivity index (χ3v) is 5.07. The van der Waals surface area contributed by atoms with E-state index < -0.39 is 0 Å². The van der Waals surface area contributed by atoms with Crippen LogP contribution in [0.4, 0.5) is 0 Å². The van der Waals surface area contributed by atoms with Crippen molar-refractivity contribution >= 4 is 11.9 Å². The molecule has 1 aliphatic rings. The average molecular weight is 373 g/mol. The normalized spacial score (nSPS) is 17.4. The Bertz CT molecular complexity index is 609. The van der Waals surface area contributed by atoms with Crippen LogP contribution in [0.1, 0.15) is 64.0 Å². The minimum Gasteiger partial charge on any atom is -0.357 e. The Morgan fingerprint density at radius 2 is 2.00 bits per heavy atom. The van der Waals surface area contributed by atoms with Crippen LogP contribution in [0.5, 0.6) is 0 Å². The van der Waals surface area contributed by atoms with Gasteiger partial charge in [-0.15, -0.1) is 0 Å². The summed E-state index contributed by atoms with van der Waals surface area (Å²) in [7, 11) is 0. The fraction of sp³-hybridized carbons (Fsp3) is 0.636. The molecule has 150 valence electrons. The zero-order chi connectivity index (χ0) is 19.6. The first-order valence-corrected chi connectivity index (χ1v) is 10.4. The lowest BCUT2D eigenvalue weighted by Crippen LogP contribution is -2.45. The first-order chi connectivity index (χ1) is 13.0. The molecule has 0 radical (unpaired) electrons. The minimum absolute atomic E-state index is 0.240. The molecular weight excluding hydrogens is 336 g/mol. The van der Waals surface area contributed by atoms with Gasteiger partial charge in [-0.2, -0.15) is 0 Å². The zero-order valence-electron chi connectivity index (χ0n) is 17.4. The predicted octanol–water partition coefficient (Wildman–Crippen LogP) is 3.31. The first-order valence-electron chi connectivity index (χ1n) is 10.4. The van der Waals surface area contributed by atoms with Gasteiger partial charge in [0.05, 0.1) is 0 Å². The number of benzene rings is 1. The van der Waals surface area contributed by atoms with Gasteiger partial charge in [0.15, 0.2) is 5.96 Å². The second-order valence-corrected chi connectivity index (χ2v) is 7.58. The van der Waals surface area contributed by atoms with Gasteiger partial charge in [-0.25, -0.2) is 0 Å². The van der Waals surface area contributed by atoms with Crippen molar-refractivity contribution in [2.75, 3.05) is 26.2 Å². The Morgan fingerprint density at radius 3 is 2.63 bits per heavy atom. The molecule has 0 aromatic heterocycles. The summed E-state index contributed by atoms with van der Waals surface area (Å²) < 4.78 is 0. The molecule has 27 heavy (non-hydrogen) atoms. The number of likely N-dealkylation sites (tertiary alicyclic amines) is 1. The Hall–Kier alpha value is -2.04. The monoisotopic (exact) mass is 372 g/mol. The predicted molar refractivity (Wildman–Crippen MR) is 113 cm³/mol. The number of carbonyl (C=O) groups excluding carboxylic acids is 1. The van der Waals surface area contributed by atoms with Gasteiger partial charge < -0.3 is 15.5 Å². The van der Waals surface area contributed by atoms with Crippen molar-refractivity contribution in [3.63, 3.8) is 0 Å². The van der Waals surface area contributed by atoms with Crippen LogP contribution in [-0.4, -0.2) is 49.0 Å². The third kappa shape index (κ3) is 6.89. The van der Waals surface area contributed by atoms with Crippen molar-refractivity contribution in [2.45, 2.75) is 65.3 Å². The highest BCUT2D eigenvalue weighted by Gasteiger charge is 2.25. The molecule has 5 heteroatoms. The van der Waals surface area contributed by atoms with Gasteiger partial charge in [-0.3, -0.25) is 9.79 Å². The number of aryl methyl sites for hydroxylation is 1. The standard InChI is InChI=1S/C22H36N4O/c1-5-21(27)26-15-13-20(16-26)25-22(23-6-2)24-14-7-8-18-9-11-19(12-10-18)17(3)4/h9-12,17,20H,5-8,13-16H2,1-4H3,(H2,23,24,25). The number of hydrogen-bond acceptors (Lipinski definition) is 2. The van der Waals surface area contributed by atoms with Crippen LogP contribution in [-0.2, 0) is 11.2 Å². The molecule has 0 saturated carbocycles. The van der Waals surface area contributed by atoms with Crippen molar-refractivity contribution in [1.29, 1.82) is 0 Å². The summed E-state index contributed by atoms with van der Waals surface area (Å²) in [4.78, 5) is 18.5. The topological polar surface area (TPSA) is 56.7 Å². The summed E-state index contributed by atoms with van der Waals surface area (Å²) in [6.07, 6.45) is 3.64. The maximum absolute atomic E-state index is 11.8. The molecule has 1 aromatic carbocycles. The first kappa shape index (κ1) is 21.3. The summed E-state index contributed by atoms with van der Waals surface area (Å²) in [6, 6.07) is 9.24. The number of rotatable bonds is 8. The van der Waals surface area contributed by atoms with Crippen molar-refractivity contribution in [1.82, 2.24) is 15.5 Å². The third-order valence-electron chi connectivity index (χ3n) is 5.07. The van der Waals surface area contributed by atoms with Gasteiger partial charge >= 0.3 is 0 Å². The molecule has 0 spiro atoms. The molecule has 1 amide bonds. The van der Waals surface area contributed by atoms with Crippen molar-refractivity contribution in [3.05, 3.63) is 35.4 Å². The van der Waals surface area contributed by atoms with E-state index in [4.69, 9.17) is 4.99 Å². The van der Waals surface area contributed by atoms with E-state index in [1.807, 2.05) is 11.8 Å². The highest BCUT2D eigenvalue weighted by Crippen LogP contribution is 2.15. The summed E-state index contributed by atoms with van der Waals surface area (Å²) in [5.41, 5.74) is 2.76. The second-order valence-electron chi connectivity index (χ2n) is 7.58. The van der Waals surface area contributed by atoms with E-state index in [0.29, 0.717) is 18.4 Å². The molecule has 1 unspecified atom stereocenters. The summed E-state index contributed by atoms with van der Waals surface area (Å²) >= 11 is 0. The van der Waals surface area contributed by atoms with Gasteiger partial charge in [-0.1, -0.05) is 45.0 Å². The molecule has 1 heterocycles. The van der Waals surface area contributed by atoms with Gasteiger partial charge in [0.25, 0.3) is 0 Å². The minimum atomic E-state index is 0.240. The van der Waals surface area contributed by atoms with Crippen LogP contribution in [0.2, 0.25) is 0 Å². The molecule has 1 saturated heterocycles. The van der Waals surface area contributed by atoms with Gasteiger partial charge in [-0.05, 0) is 43.2 Å². The van der Waals surface area contributed by atoms with E-state index in [1.54, 1.807) is 0 Å². The molecule has 2 rings (SSSR count). The average Bonchev–Trinajstić information content (AvgIpc) is 3.13. The Balaban J connectivity index is 1.78. The smallest absolute Gasteiger partial charge is 0.222 e. The summed E-state index contributed by atoms with van der Waals surface area (Å²) in [6.45, 7) is 11.7. The van der Waals surface area contributed by atoms with E-state index in [2.05, 4.69) is 55.7 Å². The molecule has 1 atom stereocenters. The van der Waals surface area contributed by atoms with Crippen molar-refractivity contribution in [3.8, 4) is 0 Å². The van der Waals surface area contributed by atoms with Gasteiger partial charge in [0, 0.05) is 38.6 Å². The number of amides is 1. The Morgan fingerprint density at radius 1 is 1.26 bits per heavy atom. The Kier molecular flexibility index (Phi) is 8.62. The van der Waals surface area contributed by atoms with Crippen LogP contribution in [0.3, 0.4) is 0 Å². The largest absolute Gasteiger partial charge is 0.357 e. The van der Waals surface area contributed by atoms with Crippen LogP contribution in [0, 0.1) is 0 Å². The zero-order valence-corrected chi connectivity index (χ0v) is 17.4. The molecule has 0 bridgehead atoms. The van der Waals surface area contributed by atoms with E-state index in [1.165, 1.54) is 11.1 Å². The SMILES string of the molecule is CCNC(=NCCCc1ccc(C(C)C)cc1)NC1CCN(C(=O)CC)C1. The van der Waals surface area contributed by atoms with Gasteiger partial charge in [0.2, 0.25) is 5.91 Å². The Labute approximate surface area is 164 Å². The van der Waals surface area contributed by atoms with Crippen LogP contribution in [0.15, 0.2) is 29.3 Å². The highest BCUT2D eigenvalue weighted by molar-refractivity contribution is 5.80. The van der Waals surface area contributed by atoms with E-state index >= 15 is 0 Å². The quantitative estimate of drug-likeness (QED) is 0.418. The number of guanidine groups is 1. The van der Waals surface area contributed by atoms with Gasteiger partial charge in [0.1, 0.15) is 0 Å². The molecular formula is C22H36N4O. The summed E-state index contributed by atoms with van der Waals surface area (Å²) in [5.74, 6) is 1.68. The molecule has 0 aliphatic carbocycles. The van der Waals surface area contributed by atoms with Crippen LogP contribution >= 0.6 is 0 Å². The number of carbonyl (C=O) groups is 1.